The van der Waals surface area contributed by atoms with E-state index in [9.17, 15) is 0 Å². The zero-order valence-electron chi connectivity index (χ0n) is 8.27. The van der Waals surface area contributed by atoms with Crippen molar-refractivity contribution >= 4 is 8.30 Å². The summed E-state index contributed by atoms with van der Waals surface area (Å²) in [5, 5.41) is 0. The fraction of sp³-hybridized carbons (Fsp3) is 0.667. The Morgan fingerprint density at radius 3 is 3.15 bits per heavy atom. The Balaban J connectivity index is 2.32. The summed E-state index contributed by atoms with van der Waals surface area (Å²) < 4.78 is 8.13. The van der Waals surface area contributed by atoms with Gasteiger partial charge in [0.25, 0.3) is 0 Å². The lowest BCUT2D eigenvalue weighted by Crippen LogP contribution is -2.22. The molecule has 2 heterocycles. The van der Waals surface area contributed by atoms with Crippen molar-refractivity contribution in [1.29, 1.82) is 0 Å². The quantitative estimate of drug-likeness (QED) is 0.648. The Morgan fingerprint density at radius 2 is 2.46 bits per heavy atom. The van der Waals surface area contributed by atoms with E-state index >= 15 is 0 Å². The van der Waals surface area contributed by atoms with Crippen LogP contribution in [0.15, 0.2) is 12.4 Å². The first-order chi connectivity index (χ1) is 6.18. The van der Waals surface area contributed by atoms with E-state index in [0.717, 1.165) is 6.42 Å². The highest BCUT2D eigenvalue weighted by molar-refractivity contribution is 7.51. The zero-order valence-corrected chi connectivity index (χ0v) is 9.16. The highest BCUT2D eigenvalue weighted by atomic mass is 31.2. The van der Waals surface area contributed by atoms with Gasteiger partial charge in [-0.15, -0.1) is 0 Å². The average Bonchev–Trinajstić information content (AvgIpc) is 2.49. The molecule has 4 heteroatoms. The molecule has 0 N–H and O–H groups in total. The van der Waals surface area contributed by atoms with Crippen LogP contribution in [0.3, 0.4) is 0 Å². The van der Waals surface area contributed by atoms with Gasteiger partial charge in [-0.3, -0.25) is 4.34 Å². The van der Waals surface area contributed by atoms with E-state index in [4.69, 9.17) is 4.52 Å². The smallest absolute Gasteiger partial charge is 0.140 e. The van der Waals surface area contributed by atoms with Crippen molar-refractivity contribution in [2.75, 3.05) is 0 Å². The molecule has 1 aromatic rings. The SMILES string of the molecule is CC(C)P1O[C@@H](C)Cc2nccn21. The summed E-state index contributed by atoms with van der Waals surface area (Å²) in [4.78, 5) is 4.34. The number of nitrogens with zero attached hydrogens (tertiary/aromatic N) is 2. The van der Waals surface area contributed by atoms with Crippen molar-refractivity contribution in [3.05, 3.63) is 18.2 Å². The van der Waals surface area contributed by atoms with E-state index in [0.29, 0.717) is 11.8 Å². The van der Waals surface area contributed by atoms with Crippen LogP contribution in [-0.2, 0) is 10.9 Å². The molecule has 0 saturated heterocycles. The maximum absolute atomic E-state index is 5.92. The van der Waals surface area contributed by atoms with Crippen molar-refractivity contribution in [2.45, 2.75) is 39.0 Å². The molecule has 2 atom stereocenters. The van der Waals surface area contributed by atoms with Crippen molar-refractivity contribution in [3.63, 3.8) is 0 Å². The largest absolute Gasteiger partial charge is 0.335 e. The van der Waals surface area contributed by atoms with E-state index in [2.05, 4.69) is 30.1 Å². The third kappa shape index (κ3) is 1.63. The summed E-state index contributed by atoms with van der Waals surface area (Å²) in [5.74, 6) is 1.18. The highest BCUT2D eigenvalue weighted by Crippen LogP contribution is 2.48. The minimum absolute atomic E-state index is 0.323. The summed E-state index contributed by atoms with van der Waals surface area (Å²) >= 11 is 0. The van der Waals surface area contributed by atoms with Crippen molar-refractivity contribution in [2.24, 2.45) is 0 Å². The van der Waals surface area contributed by atoms with Crippen LogP contribution in [0.5, 0.6) is 0 Å². The predicted molar refractivity (Wildman–Crippen MR) is 53.9 cm³/mol. The lowest BCUT2D eigenvalue weighted by molar-refractivity contribution is 0.225. The Bertz CT molecular complexity index is 298. The lowest BCUT2D eigenvalue weighted by Gasteiger charge is -2.31. The minimum atomic E-state index is -0.495. The van der Waals surface area contributed by atoms with Gasteiger partial charge in [-0.1, -0.05) is 13.8 Å². The summed E-state index contributed by atoms with van der Waals surface area (Å²) in [6.07, 6.45) is 5.17. The summed E-state index contributed by atoms with van der Waals surface area (Å²) in [7, 11) is -0.495. The van der Waals surface area contributed by atoms with Crippen LogP contribution in [0, 0.1) is 0 Å². The van der Waals surface area contributed by atoms with Gasteiger partial charge >= 0.3 is 0 Å². The van der Waals surface area contributed by atoms with Gasteiger partial charge < -0.3 is 4.52 Å². The van der Waals surface area contributed by atoms with Gasteiger partial charge in [-0.25, -0.2) is 4.98 Å². The van der Waals surface area contributed by atoms with Gasteiger partial charge in [-0.2, -0.15) is 0 Å². The van der Waals surface area contributed by atoms with Crippen LogP contribution in [0.25, 0.3) is 0 Å². The molecule has 13 heavy (non-hydrogen) atoms. The molecule has 2 rings (SSSR count). The van der Waals surface area contributed by atoms with Crippen LogP contribution < -0.4 is 0 Å². The summed E-state index contributed by atoms with van der Waals surface area (Å²) in [6, 6.07) is 0. The zero-order chi connectivity index (χ0) is 9.42. The van der Waals surface area contributed by atoms with Crippen LogP contribution in [0.1, 0.15) is 26.6 Å². The molecule has 1 aromatic heterocycles. The molecule has 1 aliphatic heterocycles. The van der Waals surface area contributed by atoms with Crippen molar-refractivity contribution < 1.29 is 4.52 Å². The molecule has 0 aromatic carbocycles. The molecule has 1 unspecified atom stereocenters. The van der Waals surface area contributed by atoms with Gasteiger partial charge in [0.05, 0.1) is 6.10 Å². The van der Waals surface area contributed by atoms with Crippen LogP contribution in [0.4, 0.5) is 0 Å². The van der Waals surface area contributed by atoms with Gasteiger partial charge in [0, 0.05) is 24.5 Å². The fourth-order valence-electron chi connectivity index (χ4n) is 1.55. The molecular weight excluding hydrogens is 183 g/mol. The Kier molecular flexibility index (Phi) is 2.39. The third-order valence-electron chi connectivity index (χ3n) is 2.11. The van der Waals surface area contributed by atoms with E-state index < -0.39 is 8.30 Å². The molecule has 1 aliphatic rings. The molecule has 0 amide bonds. The third-order valence-corrected chi connectivity index (χ3v) is 4.36. The van der Waals surface area contributed by atoms with Crippen LogP contribution in [0.2, 0.25) is 0 Å². The number of hydrogen-bond acceptors (Lipinski definition) is 2. The highest BCUT2D eigenvalue weighted by Gasteiger charge is 2.27. The molecule has 0 spiro atoms. The van der Waals surface area contributed by atoms with Crippen LogP contribution >= 0.6 is 8.30 Å². The average molecular weight is 198 g/mol. The molecule has 0 saturated carbocycles. The first kappa shape index (κ1) is 9.17. The van der Waals surface area contributed by atoms with Crippen LogP contribution in [-0.4, -0.2) is 21.1 Å². The number of rotatable bonds is 1. The predicted octanol–water partition coefficient (Wildman–Crippen LogP) is 2.41. The van der Waals surface area contributed by atoms with Crippen molar-refractivity contribution in [3.8, 4) is 0 Å². The normalized spacial score (nSPS) is 27.7. The van der Waals surface area contributed by atoms with E-state index in [1.54, 1.807) is 0 Å². The van der Waals surface area contributed by atoms with Gasteiger partial charge in [0.2, 0.25) is 0 Å². The Labute approximate surface area is 80.0 Å². The summed E-state index contributed by atoms with van der Waals surface area (Å²) in [5.41, 5.74) is 0.561. The molecular formula is C9H15N2OP. The van der Waals surface area contributed by atoms with Gasteiger partial charge in [-0.05, 0) is 6.92 Å². The number of imidazole rings is 1. The molecule has 0 radical (unpaired) electrons. The first-order valence-electron chi connectivity index (χ1n) is 4.67. The molecule has 0 aliphatic carbocycles. The first-order valence-corrected chi connectivity index (χ1v) is 5.95. The second-order valence-corrected chi connectivity index (χ2v) is 5.98. The van der Waals surface area contributed by atoms with Crippen molar-refractivity contribution in [1.82, 2.24) is 9.32 Å². The Hall–Kier alpha value is -0.400. The number of aromatic nitrogens is 2. The molecule has 3 nitrogen and oxygen atoms in total. The van der Waals surface area contributed by atoms with E-state index in [1.165, 1.54) is 5.82 Å². The number of fused-ring (bicyclic) bond motifs is 1. The molecule has 0 fully saturated rings. The fourth-order valence-corrected chi connectivity index (χ4v) is 3.39. The second kappa shape index (κ2) is 3.39. The maximum atomic E-state index is 5.92. The second-order valence-electron chi connectivity index (χ2n) is 3.70. The molecule has 0 bridgehead atoms. The van der Waals surface area contributed by atoms with Gasteiger partial charge in [0.1, 0.15) is 14.1 Å². The van der Waals surface area contributed by atoms with Gasteiger partial charge in [0.15, 0.2) is 0 Å². The lowest BCUT2D eigenvalue weighted by atomic mass is 10.3. The van der Waals surface area contributed by atoms with E-state index in [1.807, 2.05) is 12.4 Å². The topological polar surface area (TPSA) is 27.1 Å². The Morgan fingerprint density at radius 1 is 1.69 bits per heavy atom. The number of hydrogen-bond donors (Lipinski definition) is 0. The standard InChI is InChI=1S/C9H15N2OP/c1-7(2)13-11-5-4-10-9(11)6-8(3)12-13/h4-5,7-8H,6H2,1-3H3/t8-,13?/m0/s1. The monoisotopic (exact) mass is 198 g/mol. The van der Waals surface area contributed by atoms with E-state index in [-0.39, 0.29) is 0 Å². The minimum Gasteiger partial charge on any atom is -0.335 e. The maximum Gasteiger partial charge on any atom is 0.140 e. The molecule has 72 valence electrons. The summed E-state index contributed by atoms with van der Waals surface area (Å²) in [6.45, 7) is 6.52.